The molecule has 1 aliphatic heterocycles. The Balaban J connectivity index is 0.00000242. The zero-order valence-electron chi connectivity index (χ0n) is 13.5. The van der Waals surface area contributed by atoms with E-state index in [1.54, 1.807) is 11.8 Å². The minimum absolute atomic E-state index is 0. The Kier molecular flexibility index (Phi) is 8.91. The Hall–Kier alpha value is -0.710. The molecule has 1 aliphatic rings. The van der Waals surface area contributed by atoms with E-state index in [-0.39, 0.29) is 18.3 Å². The maximum atomic E-state index is 12.2. The minimum atomic E-state index is 0. The third-order valence-corrected chi connectivity index (χ3v) is 5.03. The summed E-state index contributed by atoms with van der Waals surface area (Å²) in [4.78, 5) is 15.5. The van der Waals surface area contributed by atoms with Gasteiger partial charge < -0.3 is 10.2 Å². The van der Waals surface area contributed by atoms with Gasteiger partial charge in [0.2, 0.25) is 5.91 Å². The van der Waals surface area contributed by atoms with Crippen LogP contribution in [0.25, 0.3) is 0 Å². The quantitative estimate of drug-likeness (QED) is 0.804. The van der Waals surface area contributed by atoms with E-state index in [1.165, 1.54) is 10.5 Å². The van der Waals surface area contributed by atoms with E-state index in [2.05, 4.69) is 43.4 Å². The first-order chi connectivity index (χ1) is 10.2. The largest absolute Gasteiger partial charge is 0.342 e. The number of halogens is 1. The average Bonchev–Trinajstić information content (AvgIpc) is 2.52. The topological polar surface area (TPSA) is 32.3 Å². The molecule has 5 heteroatoms. The molecule has 1 heterocycles. The summed E-state index contributed by atoms with van der Waals surface area (Å²) in [5.41, 5.74) is 1.26. The molecule has 0 aromatic heterocycles. The van der Waals surface area contributed by atoms with E-state index in [9.17, 15) is 4.79 Å². The van der Waals surface area contributed by atoms with E-state index >= 15 is 0 Å². The third kappa shape index (κ3) is 6.19. The monoisotopic (exact) mass is 342 g/mol. The molecule has 1 N–H and O–H groups in total. The molecule has 0 radical (unpaired) electrons. The fraction of sp³-hybridized carbons (Fsp3) is 0.588. The van der Waals surface area contributed by atoms with Gasteiger partial charge in [0.25, 0.3) is 0 Å². The second kappa shape index (κ2) is 10.1. The lowest BCUT2D eigenvalue weighted by molar-refractivity contribution is -0.129. The molecule has 2 rings (SSSR count). The Morgan fingerprint density at radius 2 is 1.91 bits per heavy atom. The SMILES string of the molecule is CCNCC1CCN(C(=O)CSc2ccc(C)cc2)CC1.Cl. The van der Waals surface area contributed by atoms with Crippen molar-refractivity contribution in [2.75, 3.05) is 31.9 Å². The molecule has 0 atom stereocenters. The van der Waals surface area contributed by atoms with Crippen LogP contribution in [0.5, 0.6) is 0 Å². The molecule has 0 unspecified atom stereocenters. The van der Waals surface area contributed by atoms with Crippen LogP contribution in [0, 0.1) is 12.8 Å². The molecule has 1 aromatic rings. The van der Waals surface area contributed by atoms with Crippen LogP contribution in [-0.2, 0) is 4.79 Å². The van der Waals surface area contributed by atoms with E-state index < -0.39 is 0 Å². The fourth-order valence-electron chi connectivity index (χ4n) is 2.61. The maximum Gasteiger partial charge on any atom is 0.232 e. The van der Waals surface area contributed by atoms with Crippen molar-refractivity contribution in [2.45, 2.75) is 31.6 Å². The molecule has 1 saturated heterocycles. The summed E-state index contributed by atoms with van der Waals surface area (Å²) in [6.07, 6.45) is 2.27. The highest BCUT2D eigenvalue weighted by atomic mass is 35.5. The standard InChI is InChI=1S/C17H26N2OS.ClH/c1-3-18-12-15-8-10-19(11-9-15)17(20)13-21-16-6-4-14(2)5-7-16;/h4-7,15,18H,3,8-13H2,1-2H3;1H. The van der Waals surface area contributed by atoms with E-state index in [4.69, 9.17) is 0 Å². The van der Waals surface area contributed by atoms with Gasteiger partial charge in [-0.3, -0.25) is 4.79 Å². The number of likely N-dealkylation sites (tertiary alicyclic amines) is 1. The molecular formula is C17H27ClN2OS. The van der Waals surface area contributed by atoms with Gasteiger partial charge in [-0.15, -0.1) is 24.2 Å². The molecule has 124 valence electrons. The summed E-state index contributed by atoms with van der Waals surface area (Å²) >= 11 is 1.64. The van der Waals surface area contributed by atoms with Crippen molar-refractivity contribution in [3.05, 3.63) is 29.8 Å². The maximum absolute atomic E-state index is 12.2. The van der Waals surface area contributed by atoms with Crippen LogP contribution in [0.1, 0.15) is 25.3 Å². The summed E-state index contributed by atoms with van der Waals surface area (Å²) in [6.45, 7) is 8.19. The van der Waals surface area contributed by atoms with Crippen molar-refractivity contribution < 1.29 is 4.79 Å². The second-order valence-electron chi connectivity index (χ2n) is 5.73. The lowest BCUT2D eigenvalue weighted by Gasteiger charge is -2.32. The summed E-state index contributed by atoms with van der Waals surface area (Å²) in [5.74, 6) is 1.57. The van der Waals surface area contributed by atoms with Crippen molar-refractivity contribution in [1.29, 1.82) is 0 Å². The molecule has 22 heavy (non-hydrogen) atoms. The number of piperidine rings is 1. The predicted octanol–water partition coefficient (Wildman–Crippen LogP) is 3.36. The molecule has 0 saturated carbocycles. The highest BCUT2D eigenvalue weighted by Gasteiger charge is 2.22. The Bertz CT molecular complexity index is 444. The number of rotatable bonds is 6. The number of amides is 1. The fourth-order valence-corrected chi connectivity index (χ4v) is 3.41. The van der Waals surface area contributed by atoms with E-state index in [0.717, 1.165) is 44.9 Å². The van der Waals surface area contributed by atoms with Crippen LogP contribution in [0.4, 0.5) is 0 Å². The van der Waals surface area contributed by atoms with E-state index in [1.807, 2.05) is 4.90 Å². The number of hydrogen-bond acceptors (Lipinski definition) is 3. The zero-order chi connectivity index (χ0) is 15.1. The average molecular weight is 343 g/mol. The molecule has 1 aromatic carbocycles. The smallest absolute Gasteiger partial charge is 0.232 e. The normalized spacial score (nSPS) is 15.5. The van der Waals surface area contributed by atoms with Crippen molar-refractivity contribution >= 4 is 30.1 Å². The number of carbonyl (C=O) groups is 1. The number of nitrogens with zero attached hydrogens (tertiary/aromatic N) is 1. The molecule has 0 aliphatic carbocycles. The van der Waals surface area contributed by atoms with Crippen LogP contribution < -0.4 is 5.32 Å². The molecular weight excluding hydrogens is 316 g/mol. The Morgan fingerprint density at radius 3 is 2.50 bits per heavy atom. The zero-order valence-corrected chi connectivity index (χ0v) is 15.1. The van der Waals surface area contributed by atoms with Gasteiger partial charge in [0.15, 0.2) is 0 Å². The second-order valence-corrected chi connectivity index (χ2v) is 6.78. The number of aryl methyl sites for hydroxylation is 1. The number of carbonyl (C=O) groups excluding carboxylic acids is 1. The van der Waals surface area contributed by atoms with Gasteiger partial charge >= 0.3 is 0 Å². The van der Waals surface area contributed by atoms with Crippen LogP contribution in [0.2, 0.25) is 0 Å². The van der Waals surface area contributed by atoms with Gasteiger partial charge in [0.05, 0.1) is 5.75 Å². The number of benzene rings is 1. The summed E-state index contributed by atoms with van der Waals surface area (Å²) in [6, 6.07) is 8.38. The predicted molar refractivity (Wildman–Crippen MR) is 97.0 cm³/mol. The highest BCUT2D eigenvalue weighted by Crippen LogP contribution is 2.21. The van der Waals surface area contributed by atoms with Crippen LogP contribution >= 0.6 is 24.2 Å². The first-order valence-electron chi connectivity index (χ1n) is 7.87. The Labute approximate surface area is 144 Å². The minimum Gasteiger partial charge on any atom is -0.342 e. The number of thioether (sulfide) groups is 1. The van der Waals surface area contributed by atoms with Crippen LogP contribution in [-0.4, -0.2) is 42.7 Å². The van der Waals surface area contributed by atoms with Gasteiger partial charge in [-0.1, -0.05) is 24.6 Å². The first kappa shape index (κ1) is 19.3. The molecule has 1 amide bonds. The lowest BCUT2D eigenvalue weighted by Crippen LogP contribution is -2.41. The van der Waals surface area contributed by atoms with Gasteiger partial charge in [0, 0.05) is 18.0 Å². The highest BCUT2D eigenvalue weighted by molar-refractivity contribution is 8.00. The number of nitrogens with one attached hydrogen (secondary N) is 1. The van der Waals surface area contributed by atoms with Crippen LogP contribution in [0.15, 0.2) is 29.2 Å². The lowest BCUT2D eigenvalue weighted by atomic mass is 9.97. The van der Waals surface area contributed by atoms with Gasteiger partial charge in [0.1, 0.15) is 0 Å². The Morgan fingerprint density at radius 1 is 1.27 bits per heavy atom. The van der Waals surface area contributed by atoms with Crippen molar-refractivity contribution in [2.24, 2.45) is 5.92 Å². The molecule has 0 bridgehead atoms. The molecule has 3 nitrogen and oxygen atoms in total. The summed E-state index contributed by atoms with van der Waals surface area (Å²) in [5, 5.41) is 3.41. The summed E-state index contributed by atoms with van der Waals surface area (Å²) in [7, 11) is 0. The van der Waals surface area contributed by atoms with E-state index in [0.29, 0.717) is 5.75 Å². The number of hydrogen-bond donors (Lipinski definition) is 1. The van der Waals surface area contributed by atoms with Gasteiger partial charge in [-0.25, -0.2) is 0 Å². The van der Waals surface area contributed by atoms with Crippen molar-refractivity contribution in [1.82, 2.24) is 10.2 Å². The van der Waals surface area contributed by atoms with Gasteiger partial charge in [-0.05, 0) is 50.9 Å². The third-order valence-electron chi connectivity index (χ3n) is 4.03. The van der Waals surface area contributed by atoms with Crippen molar-refractivity contribution in [3.63, 3.8) is 0 Å². The van der Waals surface area contributed by atoms with Crippen molar-refractivity contribution in [3.8, 4) is 0 Å². The molecule has 0 spiro atoms. The first-order valence-corrected chi connectivity index (χ1v) is 8.85. The molecule has 1 fully saturated rings. The van der Waals surface area contributed by atoms with Crippen LogP contribution in [0.3, 0.4) is 0 Å². The summed E-state index contributed by atoms with van der Waals surface area (Å²) < 4.78 is 0. The van der Waals surface area contributed by atoms with Gasteiger partial charge in [-0.2, -0.15) is 0 Å².